The van der Waals surface area contributed by atoms with Crippen LogP contribution in [0.25, 0.3) is 5.69 Å². The van der Waals surface area contributed by atoms with E-state index in [2.05, 4.69) is 15.5 Å². The van der Waals surface area contributed by atoms with Gasteiger partial charge in [0.05, 0.1) is 25.5 Å². The molecule has 1 heterocycles. The number of methoxy groups -OCH3 is 1. The zero-order valence-electron chi connectivity index (χ0n) is 13.8. The zero-order valence-corrected chi connectivity index (χ0v) is 13.8. The Kier molecular flexibility index (Phi) is 5.26. The molecule has 3 aromatic rings. The lowest BCUT2D eigenvalue weighted by molar-refractivity contribution is 0.0941. The monoisotopic (exact) mass is 338 g/mol. The van der Waals surface area contributed by atoms with Crippen molar-refractivity contribution < 1.29 is 14.3 Å². The van der Waals surface area contributed by atoms with Gasteiger partial charge < -0.3 is 14.8 Å². The number of nitrogens with zero attached hydrogens (tertiary/aromatic N) is 3. The van der Waals surface area contributed by atoms with Gasteiger partial charge >= 0.3 is 0 Å². The molecule has 0 spiro atoms. The summed E-state index contributed by atoms with van der Waals surface area (Å²) >= 11 is 0. The largest absolute Gasteiger partial charge is 0.497 e. The van der Waals surface area contributed by atoms with Crippen LogP contribution in [0.4, 0.5) is 0 Å². The minimum absolute atomic E-state index is 0.258. The normalized spacial score (nSPS) is 10.3. The van der Waals surface area contributed by atoms with Crippen LogP contribution in [0.2, 0.25) is 0 Å². The van der Waals surface area contributed by atoms with E-state index in [9.17, 15) is 4.79 Å². The second-order valence-corrected chi connectivity index (χ2v) is 5.13. The summed E-state index contributed by atoms with van der Waals surface area (Å²) < 4.78 is 10.6. The van der Waals surface area contributed by atoms with E-state index in [4.69, 9.17) is 9.47 Å². The Labute approximate surface area is 145 Å². The molecule has 128 valence electrons. The van der Waals surface area contributed by atoms with Crippen LogP contribution in [0.15, 0.2) is 60.8 Å². The van der Waals surface area contributed by atoms with Crippen LogP contribution >= 0.6 is 0 Å². The zero-order chi connectivity index (χ0) is 17.5. The number of carbonyl (C=O) groups is 1. The summed E-state index contributed by atoms with van der Waals surface area (Å²) in [6, 6.07) is 16.7. The van der Waals surface area contributed by atoms with Crippen LogP contribution in [0.1, 0.15) is 10.5 Å². The van der Waals surface area contributed by atoms with Gasteiger partial charge in [-0.15, -0.1) is 5.10 Å². The van der Waals surface area contributed by atoms with Crippen LogP contribution < -0.4 is 14.8 Å². The van der Waals surface area contributed by atoms with Gasteiger partial charge in [-0.25, -0.2) is 0 Å². The molecule has 1 aromatic heterocycles. The van der Waals surface area contributed by atoms with Gasteiger partial charge in [0.25, 0.3) is 5.91 Å². The number of amides is 1. The Morgan fingerprint density at radius 2 is 1.80 bits per heavy atom. The maximum atomic E-state index is 12.1. The number of nitrogens with one attached hydrogen (secondary N) is 1. The second-order valence-electron chi connectivity index (χ2n) is 5.13. The Morgan fingerprint density at radius 3 is 2.52 bits per heavy atom. The molecule has 0 saturated heterocycles. The molecule has 1 N–H and O–H groups in total. The van der Waals surface area contributed by atoms with Gasteiger partial charge in [-0.1, -0.05) is 18.2 Å². The fraction of sp³-hybridized carbons (Fsp3) is 0.167. The SMILES string of the molecule is COc1ccc(OCCNC(=O)c2cnn(-c3ccccc3)n2)cc1. The third-order valence-corrected chi connectivity index (χ3v) is 3.43. The number of ether oxygens (including phenoxy) is 2. The minimum atomic E-state index is -0.291. The molecule has 0 atom stereocenters. The number of rotatable bonds is 7. The number of para-hydroxylation sites is 1. The molecule has 0 bridgehead atoms. The lowest BCUT2D eigenvalue weighted by atomic mass is 10.3. The molecule has 7 nitrogen and oxygen atoms in total. The quantitative estimate of drug-likeness (QED) is 0.667. The van der Waals surface area contributed by atoms with Crippen molar-refractivity contribution in [3.05, 3.63) is 66.5 Å². The summed E-state index contributed by atoms with van der Waals surface area (Å²) in [7, 11) is 1.61. The van der Waals surface area contributed by atoms with Crippen molar-refractivity contribution in [2.24, 2.45) is 0 Å². The van der Waals surface area contributed by atoms with Gasteiger partial charge in [0.2, 0.25) is 0 Å². The molecule has 2 aromatic carbocycles. The topological polar surface area (TPSA) is 78.3 Å². The average Bonchev–Trinajstić information content (AvgIpc) is 3.16. The van der Waals surface area contributed by atoms with Crippen LogP contribution in [-0.4, -0.2) is 41.2 Å². The molecular weight excluding hydrogens is 320 g/mol. The highest BCUT2D eigenvalue weighted by molar-refractivity contribution is 5.91. The molecule has 25 heavy (non-hydrogen) atoms. The summed E-state index contributed by atoms with van der Waals surface area (Å²) in [5.74, 6) is 1.19. The van der Waals surface area contributed by atoms with Crippen LogP contribution in [-0.2, 0) is 0 Å². The Bertz CT molecular complexity index is 816. The van der Waals surface area contributed by atoms with Gasteiger partial charge in [0.15, 0.2) is 5.69 Å². The van der Waals surface area contributed by atoms with Crippen molar-refractivity contribution in [2.75, 3.05) is 20.3 Å². The van der Waals surface area contributed by atoms with Gasteiger partial charge in [0.1, 0.15) is 18.1 Å². The average molecular weight is 338 g/mol. The lowest BCUT2D eigenvalue weighted by Gasteiger charge is -2.07. The predicted molar refractivity (Wildman–Crippen MR) is 92.2 cm³/mol. The van der Waals surface area contributed by atoms with E-state index in [1.807, 2.05) is 54.6 Å². The van der Waals surface area contributed by atoms with E-state index in [1.54, 1.807) is 7.11 Å². The smallest absolute Gasteiger partial charge is 0.273 e. The van der Waals surface area contributed by atoms with Crippen molar-refractivity contribution in [1.82, 2.24) is 20.3 Å². The first kappa shape index (κ1) is 16.5. The molecule has 0 aliphatic heterocycles. The van der Waals surface area contributed by atoms with Crippen molar-refractivity contribution >= 4 is 5.91 Å². The molecule has 0 saturated carbocycles. The van der Waals surface area contributed by atoms with Crippen molar-refractivity contribution in [2.45, 2.75) is 0 Å². The molecule has 3 rings (SSSR count). The molecule has 0 fully saturated rings. The number of carbonyl (C=O) groups excluding carboxylic acids is 1. The molecule has 0 unspecified atom stereocenters. The van der Waals surface area contributed by atoms with Gasteiger partial charge in [-0.3, -0.25) is 4.79 Å². The molecule has 0 radical (unpaired) electrons. The van der Waals surface area contributed by atoms with Crippen LogP contribution in [0.3, 0.4) is 0 Å². The highest BCUT2D eigenvalue weighted by atomic mass is 16.5. The van der Waals surface area contributed by atoms with Crippen molar-refractivity contribution in [3.8, 4) is 17.2 Å². The lowest BCUT2D eigenvalue weighted by Crippen LogP contribution is -2.28. The van der Waals surface area contributed by atoms with E-state index in [1.165, 1.54) is 11.0 Å². The first-order valence-corrected chi connectivity index (χ1v) is 7.79. The van der Waals surface area contributed by atoms with Crippen LogP contribution in [0.5, 0.6) is 11.5 Å². The summed E-state index contributed by atoms with van der Waals surface area (Å²) in [4.78, 5) is 13.5. The van der Waals surface area contributed by atoms with E-state index >= 15 is 0 Å². The summed E-state index contributed by atoms with van der Waals surface area (Å²) in [6.45, 7) is 0.716. The first-order valence-electron chi connectivity index (χ1n) is 7.79. The number of hydrogen-bond donors (Lipinski definition) is 1. The summed E-state index contributed by atoms with van der Waals surface area (Å²) in [5, 5.41) is 11.0. The number of hydrogen-bond acceptors (Lipinski definition) is 5. The Balaban J connectivity index is 1.47. The van der Waals surface area contributed by atoms with Gasteiger partial charge in [-0.2, -0.15) is 9.90 Å². The maximum Gasteiger partial charge on any atom is 0.273 e. The van der Waals surface area contributed by atoms with Crippen molar-refractivity contribution in [3.63, 3.8) is 0 Å². The van der Waals surface area contributed by atoms with E-state index in [-0.39, 0.29) is 11.6 Å². The van der Waals surface area contributed by atoms with Crippen LogP contribution in [0, 0.1) is 0 Å². The number of benzene rings is 2. The molecule has 0 aliphatic carbocycles. The van der Waals surface area contributed by atoms with Gasteiger partial charge in [0, 0.05) is 0 Å². The first-order chi connectivity index (χ1) is 12.3. The second kappa shape index (κ2) is 7.96. The summed E-state index contributed by atoms with van der Waals surface area (Å²) in [5.41, 5.74) is 1.05. The predicted octanol–water partition coefficient (Wildman–Crippen LogP) is 2.08. The fourth-order valence-corrected chi connectivity index (χ4v) is 2.15. The summed E-state index contributed by atoms with van der Waals surface area (Å²) in [6.07, 6.45) is 1.44. The van der Waals surface area contributed by atoms with Crippen molar-refractivity contribution in [1.29, 1.82) is 0 Å². The van der Waals surface area contributed by atoms with E-state index < -0.39 is 0 Å². The third kappa shape index (κ3) is 4.35. The van der Waals surface area contributed by atoms with E-state index in [0.717, 1.165) is 11.4 Å². The Hall–Kier alpha value is -3.35. The standard InChI is InChI=1S/C18H18N4O3/c1-24-15-7-9-16(10-8-15)25-12-11-19-18(23)17-13-20-22(21-17)14-5-3-2-4-6-14/h2-10,13H,11-12H2,1H3,(H,19,23). The molecule has 7 heteroatoms. The Morgan fingerprint density at radius 1 is 1.08 bits per heavy atom. The third-order valence-electron chi connectivity index (χ3n) is 3.43. The maximum absolute atomic E-state index is 12.1. The fourth-order valence-electron chi connectivity index (χ4n) is 2.15. The minimum Gasteiger partial charge on any atom is -0.497 e. The highest BCUT2D eigenvalue weighted by Crippen LogP contribution is 2.16. The number of aromatic nitrogens is 3. The highest BCUT2D eigenvalue weighted by Gasteiger charge is 2.10. The molecule has 1 amide bonds. The molecular formula is C18H18N4O3. The molecule has 0 aliphatic rings. The van der Waals surface area contributed by atoms with Gasteiger partial charge in [-0.05, 0) is 36.4 Å². The van der Waals surface area contributed by atoms with E-state index in [0.29, 0.717) is 18.9 Å².